The summed E-state index contributed by atoms with van der Waals surface area (Å²) in [6.07, 6.45) is 8.92. The third-order valence-corrected chi connectivity index (χ3v) is 7.76. The number of nitrogens with zero attached hydrogens (tertiary/aromatic N) is 3. The summed E-state index contributed by atoms with van der Waals surface area (Å²) in [7, 11) is 0. The standard InChI is InChI=1S/C30H33N5O2/c1-30(2)8-13-35(14-9-30)27(36)17-23-15-21(6-11-32-23)25-19-34-29-28(25)26(7-12-33-29)37-24-4-3-20-5-10-31-18-22(20)16-24/h3-4,6-7,11-12,15-16,19,31H,5,8-10,13-14,17-18H2,1-2H3,(H,33,34). The molecule has 0 aliphatic carbocycles. The Balaban J connectivity index is 1.26. The first-order chi connectivity index (χ1) is 17.9. The maximum Gasteiger partial charge on any atom is 0.228 e. The van der Waals surface area contributed by atoms with Crippen LogP contribution in [-0.4, -0.2) is 45.4 Å². The van der Waals surface area contributed by atoms with Crippen LogP contribution >= 0.6 is 0 Å². The van der Waals surface area contributed by atoms with E-state index in [1.54, 1.807) is 12.4 Å². The van der Waals surface area contributed by atoms with Crippen LogP contribution in [0.25, 0.3) is 22.2 Å². The molecule has 0 spiro atoms. The highest BCUT2D eigenvalue weighted by molar-refractivity contribution is 5.98. The molecule has 1 saturated heterocycles. The van der Waals surface area contributed by atoms with Crippen LogP contribution in [0.5, 0.6) is 11.5 Å². The normalized spacial score (nSPS) is 17.0. The van der Waals surface area contributed by atoms with Gasteiger partial charge in [0.25, 0.3) is 0 Å². The molecule has 7 nitrogen and oxygen atoms in total. The number of pyridine rings is 2. The van der Waals surface area contributed by atoms with Crippen molar-refractivity contribution < 1.29 is 9.53 Å². The molecule has 7 heteroatoms. The molecule has 0 bridgehead atoms. The minimum Gasteiger partial charge on any atom is -0.457 e. The Morgan fingerprint density at radius 3 is 2.76 bits per heavy atom. The first-order valence-electron chi connectivity index (χ1n) is 13.1. The van der Waals surface area contributed by atoms with Gasteiger partial charge in [0.2, 0.25) is 5.91 Å². The van der Waals surface area contributed by atoms with Crippen LogP contribution in [0, 0.1) is 5.41 Å². The van der Waals surface area contributed by atoms with Gasteiger partial charge in [-0.3, -0.25) is 9.78 Å². The summed E-state index contributed by atoms with van der Waals surface area (Å²) in [6, 6.07) is 12.2. The summed E-state index contributed by atoms with van der Waals surface area (Å²) >= 11 is 0. The molecule has 2 N–H and O–H groups in total. The zero-order valence-corrected chi connectivity index (χ0v) is 21.5. The number of piperidine rings is 1. The van der Waals surface area contributed by atoms with Crippen molar-refractivity contribution >= 4 is 16.9 Å². The Morgan fingerprint density at radius 1 is 1.05 bits per heavy atom. The number of aromatic amines is 1. The summed E-state index contributed by atoms with van der Waals surface area (Å²) in [5.41, 5.74) is 6.47. The molecule has 0 saturated carbocycles. The number of benzene rings is 1. The molecule has 3 aromatic heterocycles. The molecule has 1 aromatic carbocycles. The summed E-state index contributed by atoms with van der Waals surface area (Å²) in [5, 5.41) is 4.34. The summed E-state index contributed by atoms with van der Waals surface area (Å²) < 4.78 is 6.40. The molecule has 37 heavy (non-hydrogen) atoms. The van der Waals surface area contributed by atoms with Gasteiger partial charge in [-0.25, -0.2) is 4.98 Å². The fourth-order valence-corrected chi connectivity index (χ4v) is 5.36. The highest BCUT2D eigenvalue weighted by Crippen LogP contribution is 2.37. The van der Waals surface area contributed by atoms with Crippen LogP contribution in [0.4, 0.5) is 0 Å². The molecule has 2 aliphatic rings. The molecular formula is C30H33N5O2. The number of hydrogen-bond acceptors (Lipinski definition) is 5. The Labute approximate surface area is 217 Å². The second-order valence-electron chi connectivity index (χ2n) is 11.0. The number of carbonyl (C=O) groups excluding carboxylic acids is 1. The monoisotopic (exact) mass is 495 g/mol. The molecule has 1 amide bonds. The van der Waals surface area contributed by atoms with Crippen molar-refractivity contribution in [2.45, 2.75) is 46.1 Å². The Bertz CT molecular complexity index is 1450. The van der Waals surface area contributed by atoms with Gasteiger partial charge in [-0.2, -0.15) is 0 Å². The summed E-state index contributed by atoms with van der Waals surface area (Å²) in [5.74, 6) is 1.70. The van der Waals surface area contributed by atoms with Crippen molar-refractivity contribution in [1.82, 2.24) is 25.2 Å². The second-order valence-corrected chi connectivity index (χ2v) is 11.0. The average Bonchev–Trinajstić information content (AvgIpc) is 3.34. The van der Waals surface area contributed by atoms with Crippen molar-refractivity contribution in [3.63, 3.8) is 0 Å². The van der Waals surface area contributed by atoms with Crippen LogP contribution < -0.4 is 10.1 Å². The van der Waals surface area contributed by atoms with Gasteiger partial charge in [-0.1, -0.05) is 19.9 Å². The Kier molecular flexibility index (Phi) is 6.16. The molecule has 1 fully saturated rings. The quantitative estimate of drug-likeness (QED) is 0.395. The fraction of sp³-hybridized carbons (Fsp3) is 0.367. The van der Waals surface area contributed by atoms with Crippen molar-refractivity contribution in [2.75, 3.05) is 19.6 Å². The molecule has 0 unspecified atom stereocenters. The Morgan fingerprint density at radius 2 is 1.89 bits per heavy atom. The number of hydrogen-bond donors (Lipinski definition) is 2. The van der Waals surface area contributed by atoms with E-state index in [1.165, 1.54) is 11.1 Å². The number of aromatic nitrogens is 3. The van der Waals surface area contributed by atoms with Gasteiger partial charge in [0.05, 0.1) is 17.5 Å². The van der Waals surface area contributed by atoms with E-state index < -0.39 is 0 Å². The predicted octanol–water partition coefficient (Wildman–Crippen LogP) is 5.25. The minimum atomic E-state index is 0.145. The van der Waals surface area contributed by atoms with Gasteiger partial charge >= 0.3 is 0 Å². The molecular weight excluding hydrogens is 462 g/mol. The molecule has 0 radical (unpaired) electrons. The number of amides is 1. The molecule has 190 valence electrons. The number of rotatable bonds is 5. The number of ether oxygens (including phenoxy) is 1. The summed E-state index contributed by atoms with van der Waals surface area (Å²) in [4.78, 5) is 27.3. The van der Waals surface area contributed by atoms with Gasteiger partial charge in [0, 0.05) is 43.8 Å². The van der Waals surface area contributed by atoms with E-state index in [1.807, 2.05) is 35.4 Å². The van der Waals surface area contributed by atoms with Crippen molar-refractivity contribution in [3.8, 4) is 22.6 Å². The van der Waals surface area contributed by atoms with E-state index >= 15 is 0 Å². The van der Waals surface area contributed by atoms with Crippen molar-refractivity contribution in [3.05, 3.63) is 71.8 Å². The maximum atomic E-state index is 13.0. The highest BCUT2D eigenvalue weighted by Gasteiger charge is 2.28. The minimum absolute atomic E-state index is 0.145. The van der Waals surface area contributed by atoms with E-state index in [4.69, 9.17) is 4.74 Å². The molecule has 0 atom stereocenters. The topological polar surface area (TPSA) is 83.1 Å². The van der Waals surface area contributed by atoms with E-state index in [-0.39, 0.29) is 5.91 Å². The van der Waals surface area contributed by atoms with Gasteiger partial charge in [0.15, 0.2) is 0 Å². The number of likely N-dealkylation sites (tertiary alicyclic amines) is 1. The lowest BCUT2D eigenvalue weighted by Crippen LogP contribution is -2.41. The number of fused-ring (bicyclic) bond motifs is 2. The maximum absolute atomic E-state index is 13.0. The smallest absolute Gasteiger partial charge is 0.228 e. The van der Waals surface area contributed by atoms with Crippen LogP contribution in [0.2, 0.25) is 0 Å². The van der Waals surface area contributed by atoms with Gasteiger partial charge in [0.1, 0.15) is 17.1 Å². The van der Waals surface area contributed by atoms with E-state index in [0.717, 1.165) is 84.8 Å². The van der Waals surface area contributed by atoms with Crippen LogP contribution in [-0.2, 0) is 24.2 Å². The van der Waals surface area contributed by atoms with Crippen LogP contribution in [0.1, 0.15) is 43.5 Å². The van der Waals surface area contributed by atoms with Gasteiger partial charge in [-0.15, -0.1) is 0 Å². The lowest BCUT2D eigenvalue weighted by atomic mass is 9.82. The van der Waals surface area contributed by atoms with E-state index in [0.29, 0.717) is 11.8 Å². The fourth-order valence-electron chi connectivity index (χ4n) is 5.36. The number of carbonyl (C=O) groups is 1. The molecule has 2 aliphatic heterocycles. The lowest BCUT2D eigenvalue weighted by molar-refractivity contribution is -0.132. The van der Waals surface area contributed by atoms with Crippen LogP contribution in [0.15, 0.2) is 55.0 Å². The van der Waals surface area contributed by atoms with Crippen molar-refractivity contribution in [1.29, 1.82) is 0 Å². The van der Waals surface area contributed by atoms with Gasteiger partial charge < -0.3 is 19.9 Å². The summed E-state index contributed by atoms with van der Waals surface area (Å²) in [6.45, 7) is 8.06. The van der Waals surface area contributed by atoms with Gasteiger partial charge in [-0.05, 0) is 78.2 Å². The highest BCUT2D eigenvalue weighted by atomic mass is 16.5. The van der Waals surface area contributed by atoms with E-state index in [2.05, 4.69) is 46.2 Å². The zero-order valence-electron chi connectivity index (χ0n) is 21.5. The number of nitrogens with one attached hydrogen (secondary N) is 2. The lowest BCUT2D eigenvalue weighted by Gasteiger charge is -2.36. The molecule has 4 aromatic rings. The third-order valence-electron chi connectivity index (χ3n) is 7.76. The molecule has 6 rings (SSSR count). The Hall–Kier alpha value is -3.71. The molecule has 5 heterocycles. The first kappa shape index (κ1) is 23.7. The third kappa shape index (κ3) is 4.96. The average molecular weight is 496 g/mol. The van der Waals surface area contributed by atoms with Crippen LogP contribution in [0.3, 0.4) is 0 Å². The number of H-pyrrole nitrogens is 1. The SMILES string of the molecule is CC1(C)CCN(C(=O)Cc2cc(-c3c[nH]c4nccc(Oc5ccc6c(c5)CNCC6)c34)ccn2)CC1. The first-order valence-corrected chi connectivity index (χ1v) is 13.1. The largest absolute Gasteiger partial charge is 0.457 e. The predicted molar refractivity (Wildman–Crippen MR) is 145 cm³/mol. The van der Waals surface area contributed by atoms with E-state index in [9.17, 15) is 4.79 Å². The second kappa shape index (κ2) is 9.63. The van der Waals surface area contributed by atoms with Crippen molar-refractivity contribution in [2.24, 2.45) is 5.41 Å². The zero-order chi connectivity index (χ0) is 25.4.